The van der Waals surface area contributed by atoms with Crippen LogP contribution in [0.5, 0.6) is 0 Å². The summed E-state index contributed by atoms with van der Waals surface area (Å²) in [7, 11) is 0. The van der Waals surface area contributed by atoms with Crippen LogP contribution in [0.2, 0.25) is 0 Å². The summed E-state index contributed by atoms with van der Waals surface area (Å²) < 4.78 is 52.7. The third kappa shape index (κ3) is 10.5. The molecule has 0 aliphatic carbocycles. The van der Waals surface area contributed by atoms with Gasteiger partial charge in [-0.25, -0.2) is 0 Å². The molecule has 3 heterocycles. The van der Waals surface area contributed by atoms with Crippen molar-refractivity contribution in [3.05, 3.63) is 161 Å². The second kappa shape index (κ2) is 17.0. The van der Waals surface area contributed by atoms with Gasteiger partial charge in [0.25, 0.3) is 0 Å². The molecule has 6 rings (SSSR count). The Morgan fingerprint density at radius 1 is 0.698 bits per heavy atom. The average molecular weight is 821 g/mol. The van der Waals surface area contributed by atoms with E-state index >= 15 is 0 Å². The van der Waals surface area contributed by atoms with Gasteiger partial charge in [0, 0.05) is 46.3 Å². The minimum atomic E-state index is -0.649. The van der Waals surface area contributed by atoms with Crippen LogP contribution >= 0.6 is 15.9 Å². The molecule has 0 amide bonds. The van der Waals surface area contributed by atoms with E-state index < -0.39 is 23.3 Å². The van der Waals surface area contributed by atoms with Crippen molar-refractivity contribution in [1.82, 2.24) is 15.0 Å². The van der Waals surface area contributed by atoms with E-state index in [0.717, 1.165) is 40.1 Å². The van der Waals surface area contributed by atoms with Crippen molar-refractivity contribution >= 4 is 27.8 Å². The van der Waals surface area contributed by atoms with E-state index in [4.69, 9.17) is 0 Å². The van der Waals surface area contributed by atoms with Gasteiger partial charge in [0.15, 0.2) is 0 Å². The topological polar surface area (TPSA) is 52.2 Å². The summed E-state index contributed by atoms with van der Waals surface area (Å²) in [5, 5.41) is 0. The maximum atomic E-state index is 13.2. The molecular weight excluding hydrogens is 801 g/mol. The fourth-order valence-electron chi connectivity index (χ4n) is 3.36. The number of hydrogen-bond acceptors (Lipinski definition) is 3. The van der Waals surface area contributed by atoms with Gasteiger partial charge in [0.1, 0.15) is 0 Å². The second-order valence-corrected chi connectivity index (χ2v) is 9.22. The van der Waals surface area contributed by atoms with Crippen LogP contribution < -0.4 is 4.98 Å². The molecule has 43 heavy (non-hydrogen) atoms. The number of aliphatic imine (C=N–C) groups is 1. The van der Waals surface area contributed by atoms with Crippen LogP contribution in [-0.2, 0) is 20.1 Å². The molecule has 0 aliphatic heterocycles. The minimum Gasteiger partial charge on any atom is -0.663 e. The Morgan fingerprint density at radius 3 is 1.65 bits per heavy atom. The zero-order valence-electron chi connectivity index (χ0n) is 22.1. The normalized spacial score (nSPS) is 10.2. The molecule has 10 heteroatoms. The Kier molecular flexibility index (Phi) is 13.2. The summed E-state index contributed by atoms with van der Waals surface area (Å²) in [5.41, 5.74) is 3.08. The molecule has 3 aromatic carbocycles. The van der Waals surface area contributed by atoms with Crippen molar-refractivity contribution in [3.8, 4) is 22.5 Å². The van der Waals surface area contributed by atoms with E-state index in [1.807, 2.05) is 36.4 Å². The Balaban J connectivity index is 0.000000175. The van der Waals surface area contributed by atoms with Crippen LogP contribution in [0.25, 0.3) is 22.5 Å². The van der Waals surface area contributed by atoms with Gasteiger partial charge in [-0.15, -0.1) is 30.0 Å². The summed E-state index contributed by atoms with van der Waals surface area (Å²) in [6.45, 7) is 0. The zero-order chi connectivity index (χ0) is 29.7. The second-order valence-electron chi connectivity index (χ2n) is 8.31. The number of nitrogens with zero attached hydrogens (tertiary/aromatic N) is 4. The molecule has 0 unspecified atom stereocenters. The third-order valence-corrected chi connectivity index (χ3v) is 5.84. The smallest absolute Gasteiger partial charge is 0.663 e. The Labute approximate surface area is 268 Å². The van der Waals surface area contributed by atoms with Crippen molar-refractivity contribution < 1.29 is 37.7 Å². The monoisotopic (exact) mass is 820 g/mol. The molecule has 0 radical (unpaired) electrons. The Bertz CT molecular complexity index is 1630. The molecule has 6 aromatic rings. The number of aromatic nitrogens is 3. The van der Waals surface area contributed by atoms with Crippen molar-refractivity contribution in [2.75, 3.05) is 0 Å². The molecule has 216 valence electrons. The first-order valence-electron chi connectivity index (χ1n) is 12.3. The van der Waals surface area contributed by atoms with Gasteiger partial charge >= 0.3 is 20.1 Å². The first-order valence-corrected chi connectivity index (χ1v) is 13.1. The standard InChI is InChI=1S/C11H8BrN2.2C11H6F2N.Ir/c12-9-3-5-10(6-4-9)14-8-11-2-1-7-13-11;2*12-8-4-5-9(10(13)7-8)11-3-1-2-6-14-11;/h1-8H;2*1-4,6-7H;/q3*-1;+3. The minimum absolute atomic E-state index is 0. The summed E-state index contributed by atoms with van der Waals surface area (Å²) in [5.74, 6) is -2.57. The van der Waals surface area contributed by atoms with Crippen molar-refractivity contribution in [1.29, 1.82) is 0 Å². The van der Waals surface area contributed by atoms with Crippen LogP contribution in [0, 0.1) is 35.4 Å². The third-order valence-electron chi connectivity index (χ3n) is 5.31. The number of hydrogen-bond donors (Lipinski definition) is 0. The molecule has 4 nitrogen and oxygen atoms in total. The van der Waals surface area contributed by atoms with Crippen LogP contribution in [-0.4, -0.2) is 16.2 Å². The number of rotatable bonds is 4. The predicted octanol–water partition coefficient (Wildman–Crippen LogP) is 8.81. The van der Waals surface area contributed by atoms with Gasteiger partial charge in [-0.1, -0.05) is 75.6 Å². The van der Waals surface area contributed by atoms with Crippen molar-refractivity contribution in [3.63, 3.8) is 0 Å². The largest absolute Gasteiger partial charge is 3.00 e. The molecular formula is C33H20BrF4IrN4. The summed E-state index contributed by atoms with van der Waals surface area (Å²) in [4.78, 5) is 16.3. The molecule has 0 fully saturated rings. The van der Waals surface area contributed by atoms with Gasteiger partial charge in [0.05, 0.1) is 5.69 Å². The Morgan fingerprint density at radius 2 is 1.23 bits per heavy atom. The molecule has 0 spiro atoms. The first-order chi connectivity index (χ1) is 20.4. The predicted molar refractivity (Wildman–Crippen MR) is 158 cm³/mol. The van der Waals surface area contributed by atoms with Crippen molar-refractivity contribution in [2.24, 2.45) is 4.99 Å². The average Bonchev–Trinajstić information content (AvgIpc) is 3.52. The molecule has 0 aliphatic rings. The molecule has 0 atom stereocenters. The van der Waals surface area contributed by atoms with Gasteiger partial charge in [-0.3, -0.25) is 22.6 Å². The fraction of sp³-hybridized carbons (Fsp3) is 0. The van der Waals surface area contributed by atoms with Gasteiger partial charge in [-0.05, 0) is 47.8 Å². The summed E-state index contributed by atoms with van der Waals surface area (Å²) in [6.07, 6.45) is 6.60. The fourth-order valence-corrected chi connectivity index (χ4v) is 3.63. The Hall–Kier alpha value is -4.24. The maximum absolute atomic E-state index is 13.2. The zero-order valence-corrected chi connectivity index (χ0v) is 26.0. The quantitative estimate of drug-likeness (QED) is 0.102. The van der Waals surface area contributed by atoms with Crippen LogP contribution in [0.1, 0.15) is 5.69 Å². The van der Waals surface area contributed by atoms with E-state index in [9.17, 15) is 17.6 Å². The number of halogens is 5. The van der Waals surface area contributed by atoms with E-state index in [1.165, 1.54) is 0 Å². The molecule has 0 bridgehead atoms. The van der Waals surface area contributed by atoms with Crippen LogP contribution in [0.4, 0.5) is 23.2 Å². The molecule has 0 N–H and O–H groups in total. The molecule has 0 saturated heterocycles. The van der Waals surface area contributed by atoms with E-state index in [-0.39, 0.29) is 31.2 Å². The SMILES string of the molecule is Brc1ccc(N=Cc2ccc[n-]2)cc1.Fc1c[c-]c(-c2ccccn2)c(F)c1.Fc1c[c-]c(-c2ccccn2)c(F)c1.[Ir+3]. The van der Waals surface area contributed by atoms with E-state index in [1.54, 1.807) is 61.2 Å². The number of pyridine rings is 2. The van der Waals surface area contributed by atoms with Crippen molar-refractivity contribution in [2.45, 2.75) is 0 Å². The summed E-state index contributed by atoms with van der Waals surface area (Å²) >= 11 is 3.37. The molecule has 0 saturated carbocycles. The van der Waals surface area contributed by atoms with Crippen LogP contribution in [0.15, 0.2) is 125 Å². The number of benzene rings is 3. The van der Waals surface area contributed by atoms with Crippen LogP contribution in [0.3, 0.4) is 0 Å². The van der Waals surface area contributed by atoms with E-state index in [2.05, 4.69) is 48.0 Å². The van der Waals surface area contributed by atoms with Gasteiger partial charge < -0.3 is 15.0 Å². The van der Waals surface area contributed by atoms with Gasteiger partial charge in [0.2, 0.25) is 0 Å². The summed E-state index contributed by atoms with van der Waals surface area (Å²) in [6, 6.07) is 30.7. The molecule has 3 aromatic heterocycles. The van der Waals surface area contributed by atoms with E-state index in [0.29, 0.717) is 11.4 Å². The van der Waals surface area contributed by atoms with Gasteiger partial charge in [-0.2, -0.15) is 6.20 Å². The first kappa shape index (κ1) is 33.3. The maximum Gasteiger partial charge on any atom is 3.00 e.